The SMILES string of the molecule is O=C([O-])C1CCC2CC1O2. The lowest BCUT2D eigenvalue weighted by molar-refractivity contribution is -0.323. The topological polar surface area (TPSA) is 49.4 Å². The number of carboxylic acid groups (broad SMARTS) is 1. The fourth-order valence-electron chi connectivity index (χ4n) is 1.76. The Hall–Kier alpha value is -0.570. The van der Waals surface area contributed by atoms with Gasteiger partial charge in [-0.2, -0.15) is 0 Å². The molecule has 2 aliphatic heterocycles. The van der Waals surface area contributed by atoms with Crippen LogP contribution in [0.4, 0.5) is 0 Å². The van der Waals surface area contributed by atoms with Gasteiger partial charge in [-0.25, -0.2) is 0 Å². The van der Waals surface area contributed by atoms with Gasteiger partial charge in [0, 0.05) is 18.3 Å². The molecule has 10 heavy (non-hydrogen) atoms. The van der Waals surface area contributed by atoms with Crippen LogP contribution in [0.3, 0.4) is 0 Å². The number of carbonyl (C=O) groups is 1. The summed E-state index contributed by atoms with van der Waals surface area (Å²) in [6, 6.07) is 0. The van der Waals surface area contributed by atoms with Crippen LogP contribution in [0, 0.1) is 5.92 Å². The third-order valence-electron chi connectivity index (χ3n) is 2.41. The molecular weight excluding hydrogens is 132 g/mol. The lowest BCUT2D eigenvalue weighted by Crippen LogP contribution is -2.53. The minimum Gasteiger partial charge on any atom is -0.550 e. The molecule has 0 radical (unpaired) electrons. The summed E-state index contributed by atoms with van der Waals surface area (Å²) in [7, 11) is 0. The summed E-state index contributed by atoms with van der Waals surface area (Å²) in [5.41, 5.74) is 0. The molecular formula is C7H9O3-. The number of fused-ring (bicyclic) bond motifs is 2. The molecule has 3 atom stereocenters. The van der Waals surface area contributed by atoms with Gasteiger partial charge < -0.3 is 14.6 Å². The van der Waals surface area contributed by atoms with E-state index in [1.54, 1.807) is 0 Å². The number of carboxylic acids is 1. The summed E-state index contributed by atoms with van der Waals surface area (Å²) in [5, 5.41) is 10.4. The number of aliphatic carboxylic acids is 1. The second-order valence-corrected chi connectivity index (χ2v) is 3.04. The van der Waals surface area contributed by atoms with Crippen molar-refractivity contribution in [1.29, 1.82) is 0 Å². The van der Waals surface area contributed by atoms with E-state index >= 15 is 0 Å². The molecule has 56 valence electrons. The molecule has 3 fully saturated rings. The highest BCUT2D eigenvalue weighted by atomic mass is 16.5. The van der Waals surface area contributed by atoms with Gasteiger partial charge in [-0.05, 0) is 12.8 Å². The first-order valence-corrected chi connectivity index (χ1v) is 3.63. The number of hydrogen-bond donors (Lipinski definition) is 0. The highest BCUT2D eigenvalue weighted by molar-refractivity contribution is 5.68. The summed E-state index contributed by atoms with van der Waals surface area (Å²) >= 11 is 0. The van der Waals surface area contributed by atoms with Crippen molar-refractivity contribution in [2.24, 2.45) is 5.92 Å². The van der Waals surface area contributed by atoms with E-state index in [0.717, 1.165) is 19.3 Å². The van der Waals surface area contributed by atoms with Crippen molar-refractivity contribution in [3.63, 3.8) is 0 Å². The Balaban J connectivity index is 2.02. The summed E-state index contributed by atoms with van der Waals surface area (Å²) in [6.45, 7) is 0. The Labute approximate surface area is 59.0 Å². The van der Waals surface area contributed by atoms with Gasteiger partial charge in [0.25, 0.3) is 0 Å². The third-order valence-corrected chi connectivity index (χ3v) is 2.41. The second kappa shape index (κ2) is 1.95. The minimum absolute atomic E-state index is 0.0243. The van der Waals surface area contributed by atoms with Gasteiger partial charge in [-0.1, -0.05) is 0 Å². The maximum atomic E-state index is 10.4. The van der Waals surface area contributed by atoms with Gasteiger partial charge in [0.2, 0.25) is 0 Å². The first-order chi connectivity index (χ1) is 4.77. The van der Waals surface area contributed by atoms with Crippen molar-refractivity contribution in [3.05, 3.63) is 0 Å². The monoisotopic (exact) mass is 141 g/mol. The van der Waals surface area contributed by atoms with Crippen LogP contribution in [-0.4, -0.2) is 18.2 Å². The summed E-state index contributed by atoms with van der Waals surface area (Å²) < 4.78 is 5.23. The van der Waals surface area contributed by atoms with Crippen LogP contribution < -0.4 is 5.11 Å². The maximum Gasteiger partial charge on any atom is 0.0683 e. The zero-order valence-electron chi connectivity index (χ0n) is 5.58. The quantitative estimate of drug-likeness (QED) is 0.485. The molecule has 2 saturated heterocycles. The molecule has 0 aromatic rings. The van der Waals surface area contributed by atoms with Gasteiger partial charge >= 0.3 is 0 Å². The van der Waals surface area contributed by atoms with Crippen LogP contribution in [0.2, 0.25) is 0 Å². The van der Waals surface area contributed by atoms with Crippen molar-refractivity contribution >= 4 is 5.97 Å². The molecule has 0 aromatic carbocycles. The number of carbonyl (C=O) groups excluding carboxylic acids is 1. The van der Waals surface area contributed by atoms with Crippen LogP contribution in [0.1, 0.15) is 19.3 Å². The summed E-state index contributed by atoms with van der Waals surface area (Å²) in [6.07, 6.45) is 2.91. The molecule has 0 amide bonds. The number of rotatable bonds is 1. The van der Waals surface area contributed by atoms with E-state index in [0.29, 0.717) is 6.10 Å². The molecule has 3 rings (SSSR count). The Morgan fingerprint density at radius 2 is 2.20 bits per heavy atom. The molecule has 0 N–H and O–H groups in total. The number of ether oxygens (including phenoxy) is 1. The van der Waals surface area contributed by atoms with E-state index in [1.807, 2.05) is 0 Å². The normalized spacial score (nSPS) is 44.2. The standard InChI is InChI=1S/C7H10O3/c8-7(9)5-2-1-4-3-6(5)10-4/h4-6H,1-3H2,(H,8,9)/p-1. The Morgan fingerprint density at radius 3 is 2.50 bits per heavy atom. The van der Waals surface area contributed by atoms with Crippen LogP contribution in [0.5, 0.6) is 0 Å². The predicted molar refractivity (Wildman–Crippen MR) is 31.0 cm³/mol. The van der Waals surface area contributed by atoms with Crippen molar-refractivity contribution in [2.75, 3.05) is 0 Å². The van der Waals surface area contributed by atoms with Crippen molar-refractivity contribution in [1.82, 2.24) is 0 Å². The maximum absolute atomic E-state index is 10.4. The lowest BCUT2D eigenvalue weighted by atomic mass is 9.80. The zero-order valence-corrected chi connectivity index (χ0v) is 5.58. The number of hydrogen-bond acceptors (Lipinski definition) is 3. The van der Waals surface area contributed by atoms with E-state index in [-0.39, 0.29) is 12.0 Å². The largest absolute Gasteiger partial charge is 0.550 e. The van der Waals surface area contributed by atoms with E-state index in [4.69, 9.17) is 4.74 Å². The van der Waals surface area contributed by atoms with Gasteiger partial charge in [0.1, 0.15) is 0 Å². The van der Waals surface area contributed by atoms with Crippen molar-refractivity contribution < 1.29 is 14.6 Å². The highest BCUT2D eigenvalue weighted by Crippen LogP contribution is 2.38. The Morgan fingerprint density at radius 1 is 1.50 bits per heavy atom. The summed E-state index contributed by atoms with van der Waals surface area (Å²) in [5.74, 6) is -1.27. The average Bonchev–Trinajstić information content (AvgIpc) is 1.86. The van der Waals surface area contributed by atoms with Gasteiger partial charge in [0.05, 0.1) is 12.2 Å². The Kier molecular flexibility index (Phi) is 1.20. The molecule has 2 bridgehead atoms. The van der Waals surface area contributed by atoms with Crippen LogP contribution >= 0.6 is 0 Å². The van der Waals surface area contributed by atoms with Gasteiger partial charge in [0.15, 0.2) is 0 Å². The molecule has 3 unspecified atom stereocenters. The first kappa shape index (κ1) is 6.16. The fraction of sp³-hybridized carbons (Fsp3) is 0.857. The van der Waals surface area contributed by atoms with Gasteiger partial charge in [-0.15, -0.1) is 0 Å². The molecule has 2 heterocycles. The predicted octanol–water partition coefficient (Wildman–Crippen LogP) is -0.696. The van der Waals surface area contributed by atoms with Crippen molar-refractivity contribution in [3.8, 4) is 0 Å². The van der Waals surface area contributed by atoms with Crippen molar-refractivity contribution in [2.45, 2.75) is 31.5 Å². The van der Waals surface area contributed by atoms with Gasteiger partial charge in [-0.3, -0.25) is 0 Å². The zero-order chi connectivity index (χ0) is 7.14. The van der Waals surface area contributed by atoms with E-state index in [1.165, 1.54) is 0 Å². The fourth-order valence-corrected chi connectivity index (χ4v) is 1.76. The molecule has 3 nitrogen and oxygen atoms in total. The molecule has 3 aliphatic rings. The molecule has 3 heteroatoms. The first-order valence-electron chi connectivity index (χ1n) is 3.63. The van der Waals surface area contributed by atoms with E-state index in [9.17, 15) is 9.90 Å². The molecule has 0 spiro atoms. The molecule has 1 aliphatic carbocycles. The second-order valence-electron chi connectivity index (χ2n) is 3.04. The van der Waals surface area contributed by atoms with Crippen LogP contribution in [-0.2, 0) is 9.53 Å². The van der Waals surface area contributed by atoms with E-state index in [2.05, 4.69) is 0 Å². The average molecular weight is 141 g/mol. The molecule has 0 aromatic heterocycles. The van der Waals surface area contributed by atoms with Crippen LogP contribution in [0.25, 0.3) is 0 Å². The van der Waals surface area contributed by atoms with E-state index < -0.39 is 5.97 Å². The lowest BCUT2D eigenvalue weighted by Gasteiger charge is -2.46. The highest BCUT2D eigenvalue weighted by Gasteiger charge is 2.41. The summed E-state index contributed by atoms with van der Waals surface area (Å²) in [4.78, 5) is 10.4. The Bertz CT molecular complexity index is 157. The van der Waals surface area contributed by atoms with Crippen LogP contribution in [0.15, 0.2) is 0 Å². The molecule has 1 saturated carbocycles. The third kappa shape index (κ3) is 0.736. The minimum atomic E-state index is -0.942. The smallest absolute Gasteiger partial charge is 0.0683 e.